The fourth-order valence-electron chi connectivity index (χ4n) is 2.12. The first-order chi connectivity index (χ1) is 10.6. The Hall–Kier alpha value is -1.56. The highest BCUT2D eigenvalue weighted by atomic mass is 32.2. The van der Waals surface area contributed by atoms with Crippen LogP contribution in [0.25, 0.3) is 0 Å². The third kappa shape index (κ3) is 6.22. The van der Waals surface area contributed by atoms with E-state index in [2.05, 4.69) is 26.1 Å². The van der Waals surface area contributed by atoms with Crippen LogP contribution in [0, 0.1) is 0 Å². The number of amides is 1. The van der Waals surface area contributed by atoms with Gasteiger partial charge in [0.1, 0.15) is 6.54 Å². The molecule has 6 heteroatoms. The van der Waals surface area contributed by atoms with Gasteiger partial charge >= 0.3 is 0 Å². The summed E-state index contributed by atoms with van der Waals surface area (Å²) in [5, 5.41) is 2.75. The normalized spacial score (nSPS) is 12.0. The molecule has 0 saturated carbocycles. The molecule has 0 saturated heterocycles. The number of carbonyl (C=O) groups is 1. The first kappa shape index (κ1) is 19.5. The van der Waals surface area contributed by atoms with Gasteiger partial charge in [0.2, 0.25) is 15.9 Å². The van der Waals surface area contributed by atoms with Gasteiger partial charge in [0.15, 0.2) is 0 Å². The first-order valence-electron chi connectivity index (χ1n) is 7.90. The zero-order chi connectivity index (χ0) is 17.7. The summed E-state index contributed by atoms with van der Waals surface area (Å²) in [7, 11) is -3.52. The summed E-state index contributed by atoms with van der Waals surface area (Å²) in [6.45, 7) is 8.69. The average Bonchev–Trinajstić information content (AvgIpc) is 2.43. The van der Waals surface area contributed by atoms with Gasteiger partial charge in [-0.05, 0) is 29.5 Å². The van der Waals surface area contributed by atoms with Crippen LogP contribution in [0.5, 0.6) is 0 Å². The summed E-state index contributed by atoms with van der Waals surface area (Å²) < 4.78 is 25.2. The van der Waals surface area contributed by atoms with Crippen LogP contribution in [0.4, 0.5) is 5.69 Å². The van der Waals surface area contributed by atoms with Gasteiger partial charge in [-0.2, -0.15) is 0 Å². The van der Waals surface area contributed by atoms with Gasteiger partial charge in [-0.25, -0.2) is 8.42 Å². The van der Waals surface area contributed by atoms with Crippen molar-refractivity contribution in [2.75, 3.05) is 23.7 Å². The summed E-state index contributed by atoms with van der Waals surface area (Å²) in [6, 6.07) is 7.31. The Balaban J connectivity index is 2.93. The fourth-order valence-corrected chi connectivity index (χ4v) is 2.98. The molecule has 0 spiro atoms. The van der Waals surface area contributed by atoms with E-state index in [4.69, 9.17) is 0 Å². The SMILES string of the molecule is CCCCNC(=O)CN(c1ccc(C(C)(C)C)cc1)S(C)(=O)=O. The van der Waals surface area contributed by atoms with E-state index in [0.29, 0.717) is 12.2 Å². The third-order valence-corrected chi connectivity index (χ3v) is 4.70. The number of nitrogens with zero attached hydrogens (tertiary/aromatic N) is 1. The fraction of sp³-hybridized carbons (Fsp3) is 0.588. The van der Waals surface area contributed by atoms with E-state index in [-0.39, 0.29) is 17.9 Å². The van der Waals surface area contributed by atoms with E-state index >= 15 is 0 Å². The Morgan fingerprint density at radius 2 is 1.74 bits per heavy atom. The number of anilines is 1. The molecular formula is C17H28N2O3S. The van der Waals surface area contributed by atoms with Crippen LogP contribution in [-0.2, 0) is 20.2 Å². The van der Waals surface area contributed by atoms with Gasteiger partial charge < -0.3 is 5.32 Å². The minimum atomic E-state index is -3.52. The Labute approximate surface area is 140 Å². The number of benzene rings is 1. The highest BCUT2D eigenvalue weighted by molar-refractivity contribution is 7.92. The molecule has 1 N–H and O–H groups in total. The molecule has 1 aromatic rings. The molecule has 0 heterocycles. The van der Waals surface area contributed by atoms with Crippen molar-refractivity contribution in [3.05, 3.63) is 29.8 Å². The van der Waals surface area contributed by atoms with E-state index in [1.54, 1.807) is 12.1 Å². The lowest BCUT2D eigenvalue weighted by atomic mass is 9.87. The third-order valence-electron chi connectivity index (χ3n) is 3.56. The lowest BCUT2D eigenvalue weighted by Gasteiger charge is -2.24. The maximum Gasteiger partial charge on any atom is 0.240 e. The van der Waals surface area contributed by atoms with Gasteiger partial charge in [0.05, 0.1) is 11.9 Å². The second-order valence-electron chi connectivity index (χ2n) is 6.77. The number of unbranched alkanes of at least 4 members (excludes halogenated alkanes) is 1. The highest BCUT2D eigenvalue weighted by Gasteiger charge is 2.21. The minimum absolute atomic E-state index is 0.00796. The molecule has 23 heavy (non-hydrogen) atoms. The Bertz CT molecular complexity index is 616. The quantitative estimate of drug-likeness (QED) is 0.776. The topological polar surface area (TPSA) is 66.5 Å². The van der Waals surface area contributed by atoms with Crippen molar-refractivity contribution >= 4 is 21.6 Å². The Morgan fingerprint density at radius 1 is 1.17 bits per heavy atom. The van der Waals surface area contributed by atoms with Crippen molar-refractivity contribution < 1.29 is 13.2 Å². The predicted octanol–water partition coefficient (Wildman–Crippen LogP) is 2.67. The lowest BCUT2D eigenvalue weighted by molar-refractivity contribution is -0.119. The Morgan fingerprint density at radius 3 is 2.17 bits per heavy atom. The summed E-state index contributed by atoms with van der Waals surface area (Å²) in [4.78, 5) is 12.0. The molecular weight excluding hydrogens is 312 g/mol. The van der Waals surface area contributed by atoms with Crippen LogP contribution < -0.4 is 9.62 Å². The standard InChI is InChI=1S/C17H28N2O3S/c1-6-7-12-18-16(20)13-19(23(5,21)22)15-10-8-14(9-11-15)17(2,3)4/h8-11H,6-7,12-13H2,1-5H3,(H,18,20). The number of hydrogen-bond donors (Lipinski definition) is 1. The number of carbonyl (C=O) groups excluding carboxylic acids is 1. The molecule has 0 bridgehead atoms. The van der Waals surface area contributed by atoms with Crippen molar-refractivity contribution in [1.29, 1.82) is 0 Å². The second-order valence-corrected chi connectivity index (χ2v) is 8.68. The average molecular weight is 340 g/mol. The zero-order valence-corrected chi connectivity index (χ0v) is 15.5. The van der Waals surface area contributed by atoms with Gasteiger partial charge in [-0.1, -0.05) is 46.2 Å². The molecule has 0 aliphatic rings. The molecule has 0 aliphatic carbocycles. The monoisotopic (exact) mass is 340 g/mol. The maximum absolute atomic E-state index is 12.0. The van der Waals surface area contributed by atoms with Crippen molar-refractivity contribution in [2.24, 2.45) is 0 Å². The number of hydrogen-bond acceptors (Lipinski definition) is 3. The molecule has 0 radical (unpaired) electrons. The maximum atomic E-state index is 12.0. The summed E-state index contributed by atoms with van der Waals surface area (Å²) in [5.74, 6) is -0.288. The van der Waals surface area contributed by atoms with Gasteiger partial charge in [0.25, 0.3) is 0 Å². The van der Waals surface area contributed by atoms with E-state index in [1.807, 2.05) is 19.1 Å². The van der Waals surface area contributed by atoms with Gasteiger partial charge in [-0.3, -0.25) is 9.10 Å². The molecule has 0 atom stereocenters. The van der Waals surface area contributed by atoms with Crippen LogP contribution in [-0.4, -0.2) is 33.7 Å². The molecule has 0 aliphatic heterocycles. The van der Waals surface area contributed by atoms with Crippen LogP contribution in [0.15, 0.2) is 24.3 Å². The molecule has 1 amide bonds. The van der Waals surface area contributed by atoms with Gasteiger partial charge in [-0.15, -0.1) is 0 Å². The van der Waals surface area contributed by atoms with Crippen molar-refractivity contribution in [2.45, 2.75) is 46.0 Å². The Kier molecular flexibility index (Phi) is 6.62. The smallest absolute Gasteiger partial charge is 0.240 e. The number of sulfonamides is 1. The predicted molar refractivity (Wildman–Crippen MR) is 95.2 cm³/mol. The zero-order valence-electron chi connectivity index (χ0n) is 14.7. The van der Waals surface area contributed by atoms with Crippen LogP contribution >= 0.6 is 0 Å². The van der Waals surface area contributed by atoms with E-state index in [9.17, 15) is 13.2 Å². The van der Waals surface area contributed by atoms with Crippen molar-refractivity contribution in [3.63, 3.8) is 0 Å². The summed E-state index contributed by atoms with van der Waals surface area (Å²) in [6.07, 6.45) is 2.97. The molecule has 5 nitrogen and oxygen atoms in total. The summed E-state index contributed by atoms with van der Waals surface area (Å²) in [5.41, 5.74) is 1.61. The molecule has 1 rings (SSSR count). The lowest BCUT2D eigenvalue weighted by Crippen LogP contribution is -2.40. The number of nitrogens with one attached hydrogen (secondary N) is 1. The molecule has 130 valence electrons. The largest absolute Gasteiger partial charge is 0.355 e. The van der Waals surface area contributed by atoms with Gasteiger partial charge in [0, 0.05) is 6.54 Å². The molecule has 0 aromatic heterocycles. The molecule has 1 aromatic carbocycles. The van der Waals surface area contributed by atoms with Crippen molar-refractivity contribution in [1.82, 2.24) is 5.32 Å². The van der Waals surface area contributed by atoms with E-state index in [0.717, 1.165) is 29.0 Å². The molecule has 0 unspecified atom stereocenters. The van der Waals surface area contributed by atoms with Crippen LogP contribution in [0.3, 0.4) is 0 Å². The van der Waals surface area contributed by atoms with Crippen LogP contribution in [0.1, 0.15) is 46.1 Å². The molecule has 0 fully saturated rings. The number of rotatable bonds is 7. The van der Waals surface area contributed by atoms with Crippen molar-refractivity contribution in [3.8, 4) is 0 Å². The van der Waals surface area contributed by atoms with Crippen LogP contribution in [0.2, 0.25) is 0 Å². The second kappa shape index (κ2) is 7.81. The first-order valence-corrected chi connectivity index (χ1v) is 9.75. The minimum Gasteiger partial charge on any atom is -0.355 e. The summed E-state index contributed by atoms with van der Waals surface area (Å²) >= 11 is 0. The highest BCUT2D eigenvalue weighted by Crippen LogP contribution is 2.25. The van der Waals surface area contributed by atoms with E-state index < -0.39 is 10.0 Å². The van der Waals surface area contributed by atoms with E-state index in [1.165, 1.54) is 0 Å².